The first-order valence-corrected chi connectivity index (χ1v) is 10.8. The largest absolute Gasteiger partial charge is 0.387 e. The predicted molar refractivity (Wildman–Crippen MR) is 126 cm³/mol. The number of halogens is 1. The summed E-state index contributed by atoms with van der Waals surface area (Å²) in [7, 11) is 5.95. The van der Waals surface area contributed by atoms with Gasteiger partial charge in [-0.15, -0.1) is 0 Å². The molecule has 6 nitrogen and oxygen atoms in total. The molecule has 0 amide bonds. The molecule has 2 N–H and O–H groups in total. The van der Waals surface area contributed by atoms with E-state index in [1.54, 1.807) is 13.1 Å². The van der Waals surface area contributed by atoms with E-state index >= 15 is 0 Å². The lowest BCUT2D eigenvalue weighted by Gasteiger charge is -2.33. The summed E-state index contributed by atoms with van der Waals surface area (Å²) in [6.45, 7) is 9.55. The van der Waals surface area contributed by atoms with Crippen LogP contribution in [0, 0.1) is 5.82 Å². The maximum absolute atomic E-state index is 13.8. The molecule has 1 heterocycles. The van der Waals surface area contributed by atoms with Gasteiger partial charge in [0.25, 0.3) is 0 Å². The number of nitrogens with one attached hydrogen (secondary N) is 2. The Morgan fingerprint density at radius 3 is 2.70 bits per heavy atom. The molecule has 0 radical (unpaired) electrons. The van der Waals surface area contributed by atoms with E-state index in [1.807, 2.05) is 19.9 Å². The van der Waals surface area contributed by atoms with Crippen LogP contribution in [0.1, 0.15) is 39.2 Å². The highest BCUT2D eigenvalue weighted by Gasteiger charge is 2.25. The highest BCUT2D eigenvalue weighted by atomic mass is 19.1. The maximum Gasteiger partial charge on any atom is 0.153 e. The van der Waals surface area contributed by atoms with Gasteiger partial charge in [-0.3, -0.25) is 9.98 Å². The summed E-state index contributed by atoms with van der Waals surface area (Å²) in [4.78, 5) is 13.7. The van der Waals surface area contributed by atoms with E-state index < -0.39 is 0 Å². The maximum atomic E-state index is 13.8. The molecular weight excluding hydrogens is 379 g/mol. The van der Waals surface area contributed by atoms with Crippen molar-refractivity contribution in [3.63, 3.8) is 0 Å². The number of benzene rings is 1. The molecular formula is C23H37FN6. The van der Waals surface area contributed by atoms with E-state index in [9.17, 15) is 4.39 Å². The van der Waals surface area contributed by atoms with Gasteiger partial charge >= 0.3 is 0 Å². The van der Waals surface area contributed by atoms with Crippen molar-refractivity contribution in [3.05, 3.63) is 41.0 Å². The third kappa shape index (κ3) is 6.55. The molecule has 1 aromatic carbocycles. The van der Waals surface area contributed by atoms with E-state index in [2.05, 4.69) is 46.4 Å². The Kier molecular flexibility index (Phi) is 9.30. The van der Waals surface area contributed by atoms with Crippen molar-refractivity contribution in [2.24, 2.45) is 9.98 Å². The van der Waals surface area contributed by atoms with Crippen LogP contribution >= 0.6 is 0 Å². The molecule has 0 atom stereocenters. The smallest absolute Gasteiger partial charge is 0.153 e. The number of amidine groups is 2. The fourth-order valence-electron chi connectivity index (χ4n) is 3.68. The van der Waals surface area contributed by atoms with Crippen molar-refractivity contribution >= 4 is 17.4 Å². The highest BCUT2D eigenvalue weighted by molar-refractivity contribution is 6.12. The van der Waals surface area contributed by atoms with Crippen molar-refractivity contribution in [1.82, 2.24) is 15.5 Å². The average Bonchev–Trinajstić information content (AvgIpc) is 2.70. The van der Waals surface area contributed by atoms with Crippen LogP contribution in [0.5, 0.6) is 0 Å². The number of allylic oxidation sites excluding steroid dienone is 1. The van der Waals surface area contributed by atoms with Gasteiger partial charge < -0.3 is 20.4 Å². The highest BCUT2D eigenvalue weighted by Crippen LogP contribution is 2.29. The fourth-order valence-corrected chi connectivity index (χ4v) is 3.68. The summed E-state index contributed by atoms with van der Waals surface area (Å²) >= 11 is 0. The lowest BCUT2D eigenvalue weighted by molar-refractivity contribution is 0.403. The minimum absolute atomic E-state index is 0.191. The van der Waals surface area contributed by atoms with Gasteiger partial charge in [-0.1, -0.05) is 0 Å². The van der Waals surface area contributed by atoms with Gasteiger partial charge in [0, 0.05) is 38.1 Å². The lowest BCUT2D eigenvalue weighted by Crippen LogP contribution is -2.42. The second-order valence-corrected chi connectivity index (χ2v) is 7.85. The van der Waals surface area contributed by atoms with Crippen molar-refractivity contribution in [2.45, 2.75) is 40.0 Å². The van der Waals surface area contributed by atoms with Gasteiger partial charge in [0.15, 0.2) is 5.84 Å². The van der Waals surface area contributed by atoms with Gasteiger partial charge in [-0.25, -0.2) is 4.39 Å². The van der Waals surface area contributed by atoms with Crippen molar-refractivity contribution in [2.75, 3.05) is 52.2 Å². The third-order valence-corrected chi connectivity index (χ3v) is 5.09. The van der Waals surface area contributed by atoms with Crippen molar-refractivity contribution in [3.8, 4) is 0 Å². The molecule has 0 bridgehead atoms. The molecule has 1 aromatic rings. The van der Waals surface area contributed by atoms with Gasteiger partial charge in [0.05, 0.1) is 5.84 Å². The van der Waals surface area contributed by atoms with Crippen LogP contribution in [0.2, 0.25) is 0 Å². The summed E-state index contributed by atoms with van der Waals surface area (Å²) in [5, 5.41) is 6.90. The molecule has 30 heavy (non-hydrogen) atoms. The second kappa shape index (κ2) is 11.7. The SMILES string of the molecule is CCNC(C)=C(NC(C)=NCCCN(C)C)C(=NC)N1CCCc2cc(F)ccc21. The molecule has 0 fully saturated rings. The molecule has 0 aliphatic carbocycles. The van der Waals surface area contributed by atoms with E-state index in [4.69, 9.17) is 4.99 Å². The summed E-state index contributed by atoms with van der Waals surface area (Å²) in [5.74, 6) is 1.51. The van der Waals surface area contributed by atoms with Crippen LogP contribution in [-0.2, 0) is 6.42 Å². The number of aryl methyl sites for hydroxylation is 1. The van der Waals surface area contributed by atoms with Gasteiger partial charge in [-0.2, -0.15) is 0 Å². The van der Waals surface area contributed by atoms with Crippen LogP contribution in [0.25, 0.3) is 0 Å². The zero-order chi connectivity index (χ0) is 22.1. The Morgan fingerprint density at radius 1 is 1.27 bits per heavy atom. The molecule has 1 aliphatic rings. The van der Waals surface area contributed by atoms with Crippen molar-refractivity contribution in [1.29, 1.82) is 0 Å². The Hall–Kier alpha value is -2.41. The number of aliphatic imine (C=N–C) groups is 2. The molecule has 7 heteroatoms. The number of fused-ring (bicyclic) bond motifs is 1. The number of anilines is 1. The topological polar surface area (TPSA) is 55.3 Å². The molecule has 0 spiro atoms. The zero-order valence-corrected chi connectivity index (χ0v) is 19.3. The first-order chi connectivity index (χ1) is 14.4. The lowest BCUT2D eigenvalue weighted by atomic mass is 10.0. The molecule has 0 saturated carbocycles. The Balaban J connectivity index is 2.30. The normalized spacial score (nSPS) is 15.8. The van der Waals surface area contributed by atoms with E-state index in [-0.39, 0.29) is 5.82 Å². The third-order valence-electron chi connectivity index (χ3n) is 5.09. The minimum atomic E-state index is -0.191. The van der Waals surface area contributed by atoms with Crippen LogP contribution in [0.15, 0.2) is 39.6 Å². The fraction of sp³-hybridized carbons (Fsp3) is 0.565. The Morgan fingerprint density at radius 2 is 2.03 bits per heavy atom. The molecule has 166 valence electrons. The second-order valence-electron chi connectivity index (χ2n) is 7.85. The molecule has 0 aromatic heterocycles. The Bertz CT molecular complexity index is 797. The predicted octanol–water partition coefficient (Wildman–Crippen LogP) is 3.41. The molecule has 0 saturated heterocycles. The van der Waals surface area contributed by atoms with Gasteiger partial charge in [0.2, 0.25) is 0 Å². The average molecular weight is 417 g/mol. The Labute approximate surface area is 181 Å². The summed E-state index contributed by atoms with van der Waals surface area (Å²) < 4.78 is 13.8. The quantitative estimate of drug-likeness (QED) is 0.387. The van der Waals surface area contributed by atoms with Crippen LogP contribution in [0.3, 0.4) is 0 Å². The first kappa shape index (κ1) is 23.9. The minimum Gasteiger partial charge on any atom is -0.387 e. The number of nitrogens with zero attached hydrogens (tertiary/aromatic N) is 4. The van der Waals surface area contributed by atoms with Crippen LogP contribution in [0.4, 0.5) is 10.1 Å². The first-order valence-electron chi connectivity index (χ1n) is 10.8. The van der Waals surface area contributed by atoms with Crippen LogP contribution < -0.4 is 15.5 Å². The molecule has 2 rings (SSSR count). The zero-order valence-electron chi connectivity index (χ0n) is 19.3. The monoisotopic (exact) mass is 416 g/mol. The number of hydrogen-bond donors (Lipinski definition) is 2. The number of hydrogen-bond acceptors (Lipinski definition) is 4. The van der Waals surface area contributed by atoms with E-state index in [1.165, 1.54) is 6.07 Å². The van der Waals surface area contributed by atoms with Gasteiger partial charge in [-0.05, 0) is 84.4 Å². The summed E-state index contributed by atoms with van der Waals surface area (Å²) in [6, 6.07) is 5.02. The standard InChI is InChI=1S/C23H37FN6/c1-7-26-17(2)22(28-18(3)27-13-9-14-29(5)6)23(25-4)30-15-8-10-19-16-20(24)11-12-21(19)30/h11-12,16,26H,7-10,13-15H2,1-6H3,(H,27,28). The molecule has 1 aliphatic heterocycles. The van der Waals surface area contributed by atoms with Gasteiger partial charge in [0.1, 0.15) is 11.5 Å². The summed E-state index contributed by atoms with van der Waals surface area (Å²) in [6.07, 6.45) is 2.85. The number of rotatable bonds is 8. The van der Waals surface area contributed by atoms with E-state index in [0.717, 1.165) is 79.8 Å². The molecule has 0 unspecified atom stereocenters. The van der Waals surface area contributed by atoms with E-state index in [0.29, 0.717) is 0 Å². The summed E-state index contributed by atoms with van der Waals surface area (Å²) in [5.41, 5.74) is 3.96. The van der Waals surface area contributed by atoms with Crippen molar-refractivity contribution < 1.29 is 4.39 Å². The van der Waals surface area contributed by atoms with Crippen LogP contribution in [-0.4, -0.2) is 63.9 Å².